The molecule has 1 fully saturated rings. The summed E-state index contributed by atoms with van der Waals surface area (Å²) in [6, 6.07) is 16.5. The van der Waals surface area contributed by atoms with Gasteiger partial charge in [0.25, 0.3) is 5.91 Å². The van der Waals surface area contributed by atoms with Crippen LogP contribution in [-0.4, -0.2) is 25.3 Å². The number of ether oxygens (including phenoxy) is 2. The molecule has 0 N–H and O–H groups in total. The van der Waals surface area contributed by atoms with Crippen LogP contribution in [0.5, 0.6) is 11.5 Å². The van der Waals surface area contributed by atoms with Crippen LogP contribution in [0, 0.1) is 11.6 Å². The van der Waals surface area contributed by atoms with Gasteiger partial charge in [0, 0.05) is 0 Å². The summed E-state index contributed by atoms with van der Waals surface area (Å²) in [5, 5.41) is 0.375. The van der Waals surface area contributed by atoms with Crippen molar-refractivity contribution >= 4 is 40.3 Å². The number of nitrogens with zero attached hydrogens (tertiary/aromatic N) is 2. The summed E-state index contributed by atoms with van der Waals surface area (Å²) in [4.78, 5) is 19.6. The maximum absolute atomic E-state index is 13.4. The minimum atomic E-state index is -0.411. The van der Waals surface area contributed by atoms with Gasteiger partial charge in [-0.15, -0.1) is 0 Å². The van der Waals surface area contributed by atoms with Crippen LogP contribution < -0.4 is 14.4 Å². The third kappa shape index (κ3) is 4.50. The van der Waals surface area contributed by atoms with Gasteiger partial charge < -0.3 is 9.47 Å². The number of amidine groups is 1. The SMILES string of the molecule is COc1ccc(/C=C2/SC(=Nc3ccc(F)cc3)N(c3ccc(F)cc3)C2=O)cc1OC. The number of anilines is 1. The second-order valence-electron chi connectivity index (χ2n) is 6.71. The van der Waals surface area contributed by atoms with Gasteiger partial charge in [0.1, 0.15) is 11.6 Å². The summed E-state index contributed by atoms with van der Waals surface area (Å²) in [5.41, 5.74) is 1.70. The third-order valence-corrected chi connectivity index (χ3v) is 5.62. The van der Waals surface area contributed by atoms with E-state index in [0.29, 0.717) is 32.9 Å². The first kappa shape index (κ1) is 21.6. The van der Waals surface area contributed by atoms with E-state index in [4.69, 9.17) is 9.47 Å². The molecule has 162 valence electrons. The van der Waals surface area contributed by atoms with Crippen LogP contribution in [0.4, 0.5) is 20.2 Å². The number of hydrogen-bond donors (Lipinski definition) is 0. The molecule has 0 bridgehead atoms. The molecule has 0 spiro atoms. The van der Waals surface area contributed by atoms with E-state index in [0.717, 1.165) is 5.56 Å². The Hall–Kier alpha value is -3.65. The van der Waals surface area contributed by atoms with Crippen molar-refractivity contribution in [3.63, 3.8) is 0 Å². The second kappa shape index (κ2) is 9.23. The van der Waals surface area contributed by atoms with Crippen molar-refractivity contribution in [3.8, 4) is 11.5 Å². The zero-order chi connectivity index (χ0) is 22.7. The van der Waals surface area contributed by atoms with Crippen molar-refractivity contribution < 1.29 is 23.0 Å². The van der Waals surface area contributed by atoms with Crippen LogP contribution in [-0.2, 0) is 4.79 Å². The van der Waals surface area contributed by atoms with Crippen LogP contribution >= 0.6 is 11.8 Å². The molecular formula is C24H18F2N2O3S. The number of rotatable bonds is 5. The van der Waals surface area contributed by atoms with Gasteiger partial charge in [0.15, 0.2) is 16.7 Å². The molecule has 0 saturated carbocycles. The second-order valence-corrected chi connectivity index (χ2v) is 7.72. The lowest BCUT2D eigenvalue weighted by atomic mass is 10.2. The van der Waals surface area contributed by atoms with Crippen molar-refractivity contribution in [2.75, 3.05) is 19.1 Å². The number of thioether (sulfide) groups is 1. The Kier molecular flexibility index (Phi) is 6.23. The average Bonchev–Trinajstić information content (AvgIpc) is 3.10. The van der Waals surface area contributed by atoms with Gasteiger partial charge in [0.05, 0.1) is 30.5 Å². The van der Waals surface area contributed by atoms with Crippen molar-refractivity contribution in [2.45, 2.75) is 0 Å². The van der Waals surface area contributed by atoms with E-state index in [1.807, 2.05) is 0 Å². The Balaban J connectivity index is 1.75. The van der Waals surface area contributed by atoms with Crippen LogP contribution in [0.25, 0.3) is 6.08 Å². The first-order chi connectivity index (χ1) is 15.5. The first-order valence-electron chi connectivity index (χ1n) is 9.54. The molecule has 0 unspecified atom stereocenters. The fourth-order valence-corrected chi connectivity index (χ4v) is 4.09. The molecular weight excluding hydrogens is 434 g/mol. The largest absolute Gasteiger partial charge is 0.493 e. The average molecular weight is 452 g/mol. The van der Waals surface area contributed by atoms with Crippen LogP contribution in [0.3, 0.4) is 0 Å². The standard InChI is InChI=1S/C24H18F2N2O3S/c1-30-20-12-3-15(13-21(20)31-2)14-22-23(29)28(19-10-6-17(26)7-11-19)24(32-22)27-18-8-4-16(25)5-9-18/h3-14H,1-2H3/b22-14+,27-24?. The Bertz CT molecular complexity index is 1210. The highest BCUT2D eigenvalue weighted by atomic mass is 32.2. The maximum atomic E-state index is 13.4. The van der Waals surface area contributed by atoms with E-state index in [1.165, 1.54) is 72.3 Å². The minimum absolute atomic E-state index is 0.308. The summed E-state index contributed by atoms with van der Waals surface area (Å²) in [6.45, 7) is 0. The fraction of sp³-hybridized carbons (Fsp3) is 0.0833. The summed E-state index contributed by atoms with van der Waals surface area (Å²) >= 11 is 1.17. The predicted molar refractivity (Wildman–Crippen MR) is 122 cm³/mol. The van der Waals surface area contributed by atoms with Crippen molar-refractivity contribution in [1.82, 2.24) is 0 Å². The summed E-state index contributed by atoms with van der Waals surface area (Å²) in [7, 11) is 3.08. The number of amides is 1. The molecule has 3 aromatic rings. The highest BCUT2D eigenvalue weighted by Gasteiger charge is 2.34. The van der Waals surface area contributed by atoms with E-state index in [1.54, 1.807) is 31.4 Å². The molecule has 0 aromatic heterocycles. The number of carbonyl (C=O) groups is 1. The van der Waals surface area contributed by atoms with Gasteiger partial charge in [-0.25, -0.2) is 13.8 Å². The number of methoxy groups -OCH3 is 2. The van der Waals surface area contributed by atoms with Crippen molar-refractivity contribution in [2.24, 2.45) is 4.99 Å². The molecule has 8 heteroatoms. The quantitative estimate of drug-likeness (QED) is 0.460. The Morgan fingerprint density at radius 3 is 2.12 bits per heavy atom. The monoisotopic (exact) mass is 452 g/mol. The highest BCUT2D eigenvalue weighted by Crippen LogP contribution is 2.38. The number of carbonyl (C=O) groups excluding carboxylic acids is 1. The lowest BCUT2D eigenvalue weighted by molar-refractivity contribution is -0.113. The molecule has 0 aliphatic carbocycles. The first-order valence-corrected chi connectivity index (χ1v) is 10.4. The van der Waals surface area contributed by atoms with Crippen LogP contribution in [0.15, 0.2) is 76.6 Å². The van der Waals surface area contributed by atoms with Gasteiger partial charge in [0.2, 0.25) is 0 Å². The molecule has 1 aliphatic heterocycles. The number of benzene rings is 3. The smallest absolute Gasteiger partial charge is 0.271 e. The summed E-state index contributed by atoms with van der Waals surface area (Å²) in [5.74, 6) is 0.0105. The molecule has 0 atom stereocenters. The van der Waals surface area contributed by atoms with E-state index in [-0.39, 0.29) is 11.7 Å². The summed E-state index contributed by atoms with van der Waals surface area (Å²) in [6.07, 6.45) is 1.72. The number of halogens is 2. The zero-order valence-corrected chi connectivity index (χ0v) is 18.0. The minimum Gasteiger partial charge on any atom is -0.493 e. The fourth-order valence-electron chi connectivity index (χ4n) is 3.09. The van der Waals surface area contributed by atoms with Gasteiger partial charge >= 0.3 is 0 Å². The lowest BCUT2D eigenvalue weighted by Gasteiger charge is -2.15. The third-order valence-electron chi connectivity index (χ3n) is 4.65. The number of aliphatic imine (C=N–C) groups is 1. The molecule has 5 nitrogen and oxygen atoms in total. The lowest BCUT2D eigenvalue weighted by Crippen LogP contribution is -2.28. The topological polar surface area (TPSA) is 51.1 Å². The maximum Gasteiger partial charge on any atom is 0.271 e. The van der Waals surface area contributed by atoms with E-state index >= 15 is 0 Å². The molecule has 0 radical (unpaired) electrons. The summed E-state index contributed by atoms with van der Waals surface area (Å²) < 4.78 is 37.3. The van der Waals surface area contributed by atoms with E-state index < -0.39 is 5.82 Å². The molecule has 1 heterocycles. The highest BCUT2D eigenvalue weighted by molar-refractivity contribution is 8.19. The van der Waals surface area contributed by atoms with Gasteiger partial charge in [-0.05, 0) is 84.1 Å². The molecule has 4 rings (SSSR count). The van der Waals surface area contributed by atoms with Gasteiger partial charge in [-0.1, -0.05) is 6.07 Å². The molecule has 32 heavy (non-hydrogen) atoms. The van der Waals surface area contributed by atoms with Crippen molar-refractivity contribution in [3.05, 3.63) is 88.8 Å². The van der Waals surface area contributed by atoms with E-state index in [9.17, 15) is 13.6 Å². The predicted octanol–water partition coefficient (Wildman–Crippen LogP) is 5.79. The van der Waals surface area contributed by atoms with E-state index in [2.05, 4.69) is 4.99 Å². The Morgan fingerprint density at radius 2 is 1.50 bits per heavy atom. The molecule has 1 aliphatic rings. The Labute approximate surface area is 188 Å². The van der Waals surface area contributed by atoms with Gasteiger partial charge in [-0.3, -0.25) is 9.69 Å². The van der Waals surface area contributed by atoms with Crippen LogP contribution in [0.2, 0.25) is 0 Å². The molecule has 1 amide bonds. The van der Waals surface area contributed by atoms with Crippen molar-refractivity contribution in [1.29, 1.82) is 0 Å². The normalized spacial score (nSPS) is 16.1. The number of hydrogen-bond acceptors (Lipinski definition) is 5. The zero-order valence-electron chi connectivity index (χ0n) is 17.2. The van der Waals surface area contributed by atoms with Gasteiger partial charge in [-0.2, -0.15) is 0 Å². The molecule has 1 saturated heterocycles. The van der Waals surface area contributed by atoms with Crippen LogP contribution in [0.1, 0.15) is 5.56 Å². The Morgan fingerprint density at radius 1 is 0.875 bits per heavy atom. The molecule has 3 aromatic carbocycles.